The van der Waals surface area contributed by atoms with Crippen LogP contribution in [0.3, 0.4) is 0 Å². The molecule has 0 atom stereocenters. The van der Waals surface area contributed by atoms with Crippen molar-refractivity contribution in [1.82, 2.24) is 4.31 Å². The first kappa shape index (κ1) is 23.2. The third-order valence-electron chi connectivity index (χ3n) is 4.56. The molecule has 0 aromatic heterocycles. The monoisotopic (exact) mass is 426 g/mol. The Morgan fingerprint density at radius 2 is 1.86 bits per heavy atom. The van der Waals surface area contributed by atoms with E-state index in [0.29, 0.717) is 31.8 Å². The lowest BCUT2D eigenvalue weighted by molar-refractivity contribution is -0.147. The first-order valence-electron chi connectivity index (χ1n) is 10.1. The van der Waals surface area contributed by atoms with Gasteiger partial charge in [0.1, 0.15) is 10.6 Å². The summed E-state index contributed by atoms with van der Waals surface area (Å²) >= 11 is 0. The third-order valence-corrected chi connectivity index (χ3v) is 6.48. The number of piperidine rings is 1. The number of nitrogens with one attached hydrogen (secondary N) is 1. The molecule has 0 spiro atoms. The van der Waals surface area contributed by atoms with Crippen LogP contribution >= 0.6 is 0 Å². The smallest absolute Gasteiger partial charge is 0.306 e. The Balaban J connectivity index is 2.13. The Hall–Kier alpha value is -2.13. The average Bonchev–Trinajstić information content (AvgIpc) is 2.72. The van der Waals surface area contributed by atoms with E-state index in [9.17, 15) is 18.0 Å². The van der Waals surface area contributed by atoms with Crippen LogP contribution in [-0.4, -0.2) is 50.9 Å². The van der Waals surface area contributed by atoms with Crippen LogP contribution in [0.5, 0.6) is 5.75 Å². The number of amides is 1. The van der Waals surface area contributed by atoms with E-state index in [1.165, 1.54) is 16.4 Å². The SMILES string of the molecule is CCCCC(=O)OCC(=O)Nc1ccc(OCC)c(S(=O)(=O)N2CCCCC2)c1. The van der Waals surface area contributed by atoms with Gasteiger partial charge in [-0.15, -0.1) is 0 Å². The normalized spacial score (nSPS) is 15.0. The maximum absolute atomic E-state index is 13.1. The van der Waals surface area contributed by atoms with Gasteiger partial charge in [-0.2, -0.15) is 4.31 Å². The van der Waals surface area contributed by atoms with Crippen molar-refractivity contribution in [2.45, 2.75) is 57.3 Å². The van der Waals surface area contributed by atoms with Gasteiger partial charge in [0.2, 0.25) is 10.0 Å². The summed E-state index contributed by atoms with van der Waals surface area (Å²) in [6.07, 6.45) is 4.49. The average molecular weight is 427 g/mol. The predicted octanol–water partition coefficient (Wildman–Crippen LogP) is 2.93. The molecule has 1 aliphatic heterocycles. The number of hydrogen-bond donors (Lipinski definition) is 1. The summed E-state index contributed by atoms with van der Waals surface area (Å²) in [5.74, 6) is -0.704. The Morgan fingerprint density at radius 3 is 2.52 bits per heavy atom. The number of sulfonamides is 1. The van der Waals surface area contributed by atoms with Gasteiger partial charge in [-0.05, 0) is 44.4 Å². The van der Waals surface area contributed by atoms with Crippen molar-refractivity contribution in [2.75, 3.05) is 31.6 Å². The fourth-order valence-corrected chi connectivity index (χ4v) is 4.72. The molecule has 0 radical (unpaired) electrons. The number of hydrogen-bond acceptors (Lipinski definition) is 6. The molecule has 1 saturated heterocycles. The minimum atomic E-state index is -3.74. The molecule has 0 saturated carbocycles. The van der Waals surface area contributed by atoms with Crippen molar-refractivity contribution in [3.05, 3.63) is 18.2 Å². The van der Waals surface area contributed by atoms with Crippen LogP contribution in [0.15, 0.2) is 23.1 Å². The van der Waals surface area contributed by atoms with Crippen molar-refractivity contribution in [2.24, 2.45) is 0 Å². The van der Waals surface area contributed by atoms with E-state index in [2.05, 4.69) is 5.32 Å². The number of esters is 1. The lowest BCUT2D eigenvalue weighted by Crippen LogP contribution is -2.35. The number of rotatable bonds is 10. The quantitative estimate of drug-likeness (QED) is 0.577. The van der Waals surface area contributed by atoms with Gasteiger partial charge in [-0.25, -0.2) is 8.42 Å². The zero-order chi connectivity index (χ0) is 21.3. The van der Waals surface area contributed by atoms with E-state index in [1.807, 2.05) is 6.92 Å². The van der Waals surface area contributed by atoms with E-state index < -0.39 is 28.5 Å². The molecule has 162 valence electrons. The van der Waals surface area contributed by atoms with Crippen LogP contribution in [-0.2, 0) is 24.3 Å². The van der Waals surface area contributed by atoms with Crippen molar-refractivity contribution in [3.63, 3.8) is 0 Å². The lowest BCUT2D eigenvalue weighted by Gasteiger charge is -2.27. The molecular formula is C20H30N2O6S. The Kier molecular flexibility index (Phi) is 8.91. The Bertz CT molecular complexity index is 803. The molecule has 29 heavy (non-hydrogen) atoms. The van der Waals surface area contributed by atoms with Crippen LogP contribution in [0.1, 0.15) is 52.4 Å². The number of carbonyl (C=O) groups excluding carboxylic acids is 2. The molecule has 1 aromatic rings. The van der Waals surface area contributed by atoms with Crippen LogP contribution < -0.4 is 10.1 Å². The van der Waals surface area contributed by atoms with E-state index >= 15 is 0 Å². The molecule has 1 N–H and O–H groups in total. The minimum absolute atomic E-state index is 0.0268. The van der Waals surface area contributed by atoms with E-state index in [0.717, 1.165) is 25.7 Å². The van der Waals surface area contributed by atoms with E-state index in [4.69, 9.17) is 9.47 Å². The summed E-state index contributed by atoms with van der Waals surface area (Å²) < 4.78 is 38.1. The van der Waals surface area contributed by atoms with Gasteiger partial charge in [0.05, 0.1) is 6.61 Å². The predicted molar refractivity (Wildman–Crippen MR) is 109 cm³/mol. The number of ether oxygens (including phenoxy) is 2. The Labute approximate surface area is 172 Å². The van der Waals surface area contributed by atoms with Crippen LogP contribution in [0.25, 0.3) is 0 Å². The fourth-order valence-electron chi connectivity index (χ4n) is 3.04. The summed E-state index contributed by atoms with van der Waals surface area (Å²) in [6.45, 7) is 4.59. The molecular weight excluding hydrogens is 396 g/mol. The summed E-state index contributed by atoms with van der Waals surface area (Å²) in [5.41, 5.74) is 0.304. The third kappa shape index (κ3) is 6.71. The van der Waals surface area contributed by atoms with Gasteiger partial charge in [0, 0.05) is 25.2 Å². The number of unbranched alkanes of at least 4 members (excludes halogenated alkanes) is 1. The van der Waals surface area contributed by atoms with Crippen molar-refractivity contribution < 1.29 is 27.5 Å². The highest BCUT2D eigenvalue weighted by atomic mass is 32.2. The summed E-state index contributed by atoms with van der Waals surface area (Å²) in [6, 6.07) is 4.49. The molecule has 8 nitrogen and oxygen atoms in total. The number of nitrogens with zero attached hydrogens (tertiary/aromatic N) is 1. The lowest BCUT2D eigenvalue weighted by atomic mass is 10.2. The van der Waals surface area contributed by atoms with Crippen molar-refractivity contribution >= 4 is 27.6 Å². The van der Waals surface area contributed by atoms with E-state index in [1.54, 1.807) is 13.0 Å². The second-order valence-electron chi connectivity index (χ2n) is 6.87. The molecule has 1 amide bonds. The zero-order valence-electron chi connectivity index (χ0n) is 17.1. The van der Waals surface area contributed by atoms with Crippen LogP contribution in [0.2, 0.25) is 0 Å². The highest BCUT2D eigenvalue weighted by molar-refractivity contribution is 7.89. The fraction of sp³-hybridized carbons (Fsp3) is 0.600. The minimum Gasteiger partial charge on any atom is -0.492 e. The van der Waals surface area contributed by atoms with Crippen LogP contribution in [0, 0.1) is 0 Å². The topological polar surface area (TPSA) is 102 Å². The molecule has 9 heteroatoms. The highest BCUT2D eigenvalue weighted by Crippen LogP contribution is 2.31. The molecule has 1 aliphatic rings. The maximum Gasteiger partial charge on any atom is 0.306 e. The molecule has 2 rings (SSSR count). The molecule has 1 heterocycles. The summed E-state index contributed by atoms with van der Waals surface area (Å²) in [7, 11) is -3.74. The van der Waals surface area contributed by atoms with Crippen LogP contribution in [0.4, 0.5) is 5.69 Å². The highest BCUT2D eigenvalue weighted by Gasteiger charge is 2.29. The second kappa shape index (κ2) is 11.2. The summed E-state index contributed by atoms with van der Waals surface area (Å²) in [4.78, 5) is 23.6. The number of carbonyl (C=O) groups is 2. The molecule has 0 unspecified atom stereocenters. The van der Waals surface area contributed by atoms with Gasteiger partial charge in [0.15, 0.2) is 6.61 Å². The van der Waals surface area contributed by atoms with Gasteiger partial charge < -0.3 is 14.8 Å². The van der Waals surface area contributed by atoms with Crippen molar-refractivity contribution in [3.8, 4) is 5.75 Å². The number of anilines is 1. The van der Waals surface area contributed by atoms with Gasteiger partial charge in [-0.1, -0.05) is 19.8 Å². The molecule has 1 aromatic carbocycles. The van der Waals surface area contributed by atoms with Gasteiger partial charge >= 0.3 is 5.97 Å². The standard InChI is InChI=1S/C20H30N2O6S/c1-3-5-9-20(24)28-15-19(23)21-16-10-11-17(27-4-2)18(14-16)29(25,26)22-12-7-6-8-13-22/h10-11,14H,3-9,12-13,15H2,1-2H3,(H,21,23). The van der Waals surface area contributed by atoms with Gasteiger partial charge in [0.25, 0.3) is 5.91 Å². The van der Waals surface area contributed by atoms with Crippen molar-refractivity contribution in [1.29, 1.82) is 0 Å². The molecule has 1 fully saturated rings. The molecule has 0 bridgehead atoms. The first-order chi connectivity index (χ1) is 13.9. The zero-order valence-corrected chi connectivity index (χ0v) is 17.9. The first-order valence-corrected chi connectivity index (χ1v) is 11.5. The number of benzene rings is 1. The van der Waals surface area contributed by atoms with E-state index in [-0.39, 0.29) is 17.1 Å². The Morgan fingerprint density at radius 1 is 1.14 bits per heavy atom. The largest absolute Gasteiger partial charge is 0.492 e. The maximum atomic E-state index is 13.1. The summed E-state index contributed by atoms with van der Waals surface area (Å²) in [5, 5.41) is 2.58. The van der Waals surface area contributed by atoms with Gasteiger partial charge in [-0.3, -0.25) is 9.59 Å². The second-order valence-corrected chi connectivity index (χ2v) is 8.78. The molecule has 0 aliphatic carbocycles.